The van der Waals surface area contributed by atoms with Crippen LogP contribution in [-0.2, 0) is 13.0 Å². The van der Waals surface area contributed by atoms with Gasteiger partial charge in [-0.1, -0.05) is 6.07 Å². The third kappa shape index (κ3) is 4.15. The van der Waals surface area contributed by atoms with Gasteiger partial charge >= 0.3 is 5.69 Å². The zero-order valence-electron chi connectivity index (χ0n) is 13.3. The van der Waals surface area contributed by atoms with Crippen molar-refractivity contribution >= 4 is 5.82 Å². The average Bonchev–Trinajstić information content (AvgIpc) is 2.49. The highest BCUT2D eigenvalue weighted by Gasteiger charge is 2.08. The molecule has 0 aliphatic carbocycles. The third-order valence-corrected chi connectivity index (χ3v) is 3.30. The lowest BCUT2D eigenvalue weighted by Gasteiger charge is -2.13. The van der Waals surface area contributed by atoms with E-state index in [4.69, 9.17) is 15.2 Å². The number of hydrogen-bond acceptors (Lipinski definition) is 5. The van der Waals surface area contributed by atoms with E-state index in [-0.39, 0.29) is 5.82 Å². The smallest absolute Gasteiger partial charge is 0.329 e. The van der Waals surface area contributed by atoms with Crippen molar-refractivity contribution < 1.29 is 9.47 Å². The topological polar surface area (TPSA) is 99.3 Å². The molecule has 2 aromatic rings. The van der Waals surface area contributed by atoms with E-state index in [1.54, 1.807) is 0 Å². The van der Waals surface area contributed by atoms with Crippen LogP contribution in [0.3, 0.4) is 0 Å². The fourth-order valence-electron chi connectivity index (χ4n) is 2.26. The number of hydrogen-bond donors (Lipinski definition) is 2. The highest BCUT2D eigenvalue weighted by molar-refractivity contribution is 5.43. The first-order valence-electron chi connectivity index (χ1n) is 7.53. The van der Waals surface area contributed by atoms with E-state index < -0.39 is 11.2 Å². The summed E-state index contributed by atoms with van der Waals surface area (Å²) in [5.41, 5.74) is 5.70. The molecule has 0 fully saturated rings. The van der Waals surface area contributed by atoms with Gasteiger partial charge in [-0.2, -0.15) is 0 Å². The number of nitrogens with zero attached hydrogens (tertiary/aromatic N) is 1. The second-order valence-electron chi connectivity index (χ2n) is 4.91. The molecule has 1 heterocycles. The van der Waals surface area contributed by atoms with Gasteiger partial charge in [-0.3, -0.25) is 14.3 Å². The van der Waals surface area contributed by atoms with Crippen LogP contribution in [0, 0.1) is 0 Å². The zero-order chi connectivity index (χ0) is 16.8. The molecule has 0 unspecified atom stereocenters. The zero-order valence-corrected chi connectivity index (χ0v) is 13.3. The molecule has 1 aromatic carbocycles. The van der Waals surface area contributed by atoms with Gasteiger partial charge < -0.3 is 15.2 Å². The summed E-state index contributed by atoms with van der Waals surface area (Å²) >= 11 is 0. The molecule has 1 aromatic heterocycles. The van der Waals surface area contributed by atoms with Crippen molar-refractivity contribution in [2.24, 2.45) is 0 Å². The molecule has 0 saturated heterocycles. The normalized spacial score (nSPS) is 10.5. The van der Waals surface area contributed by atoms with E-state index in [0.717, 1.165) is 5.56 Å². The van der Waals surface area contributed by atoms with Crippen molar-refractivity contribution in [1.82, 2.24) is 9.55 Å². The van der Waals surface area contributed by atoms with Crippen LogP contribution in [0.1, 0.15) is 19.4 Å². The number of rotatable bonds is 7. The lowest BCUT2D eigenvalue weighted by molar-refractivity contribution is 0.287. The summed E-state index contributed by atoms with van der Waals surface area (Å²) in [6, 6.07) is 6.86. The van der Waals surface area contributed by atoms with Gasteiger partial charge in [-0.25, -0.2) is 4.79 Å². The van der Waals surface area contributed by atoms with Crippen LogP contribution >= 0.6 is 0 Å². The van der Waals surface area contributed by atoms with Gasteiger partial charge in [0.05, 0.1) is 13.2 Å². The molecule has 0 saturated carbocycles. The number of aromatic nitrogens is 2. The Bertz CT molecular complexity index is 780. The maximum Gasteiger partial charge on any atom is 0.329 e. The lowest BCUT2D eigenvalue weighted by atomic mass is 10.1. The molecule has 2 rings (SSSR count). The molecule has 0 radical (unpaired) electrons. The molecule has 0 spiro atoms. The number of nitrogen functional groups attached to an aromatic ring is 1. The summed E-state index contributed by atoms with van der Waals surface area (Å²) in [7, 11) is 0. The molecular formula is C16H21N3O4. The molecule has 0 amide bonds. The van der Waals surface area contributed by atoms with Crippen LogP contribution < -0.4 is 26.5 Å². The minimum atomic E-state index is -0.508. The maximum atomic E-state index is 11.8. The van der Waals surface area contributed by atoms with E-state index >= 15 is 0 Å². The van der Waals surface area contributed by atoms with E-state index in [1.807, 2.05) is 32.0 Å². The van der Waals surface area contributed by atoms with Crippen LogP contribution in [-0.4, -0.2) is 22.8 Å². The summed E-state index contributed by atoms with van der Waals surface area (Å²) in [6.45, 7) is 5.28. The number of H-pyrrole nitrogens is 1. The average molecular weight is 319 g/mol. The summed E-state index contributed by atoms with van der Waals surface area (Å²) in [6.07, 6.45) is 0.572. The molecule has 0 aliphatic heterocycles. The highest BCUT2D eigenvalue weighted by atomic mass is 16.5. The van der Waals surface area contributed by atoms with Gasteiger partial charge in [0.15, 0.2) is 11.5 Å². The lowest BCUT2D eigenvalue weighted by Crippen LogP contribution is -2.31. The molecule has 0 bridgehead atoms. The Morgan fingerprint density at radius 2 is 1.78 bits per heavy atom. The van der Waals surface area contributed by atoms with Crippen LogP contribution in [0.5, 0.6) is 11.5 Å². The number of ether oxygens (including phenoxy) is 2. The minimum Gasteiger partial charge on any atom is -0.490 e. The number of aryl methyl sites for hydroxylation is 1. The first-order valence-corrected chi connectivity index (χ1v) is 7.53. The second-order valence-corrected chi connectivity index (χ2v) is 4.91. The first kappa shape index (κ1) is 16.7. The van der Waals surface area contributed by atoms with Crippen LogP contribution in [0.2, 0.25) is 0 Å². The van der Waals surface area contributed by atoms with Crippen molar-refractivity contribution in [1.29, 1.82) is 0 Å². The Balaban J connectivity index is 2.19. The molecule has 124 valence electrons. The quantitative estimate of drug-likeness (QED) is 0.798. The van der Waals surface area contributed by atoms with E-state index in [2.05, 4.69) is 4.98 Å². The second kappa shape index (κ2) is 7.53. The van der Waals surface area contributed by atoms with Crippen LogP contribution in [0.15, 0.2) is 33.9 Å². The van der Waals surface area contributed by atoms with E-state index in [1.165, 1.54) is 10.6 Å². The van der Waals surface area contributed by atoms with Crippen molar-refractivity contribution in [2.75, 3.05) is 18.9 Å². The maximum absolute atomic E-state index is 11.8. The van der Waals surface area contributed by atoms with Gasteiger partial charge in [-0.05, 0) is 38.0 Å². The van der Waals surface area contributed by atoms with Crippen molar-refractivity contribution in [3.63, 3.8) is 0 Å². The van der Waals surface area contributed by atoms with Crippen molar-refractivity contribution in [3.8, 4) is 11.5 Å². The Morgan fingerprint density at radius 1 is 1.09 bits per heavy atom. The minimum absolute atomic E-state index is 0.148. The standard InChI is InChI=1S/C16H21N3O4/c1-3-22-12-6-5-11(9-13(12)23-4-2)7-8-19-14(17)10-15(20)18-16(19)21/h5-6,9-10H,3-4,7-8,17H2,1-2H3,(H,18,20,21). The summed E-state index contributed by atoms with van der Waals surface area (Å²) in [4.78, 5) is 25.1. The summed E-state index contributed by atoms with van der Waals surface area (Å²) < 4.78 is 12.4. The molecule has 0 aliphatic rings. The number of anilines is 1. The summed E-state index contributed by atoms with van der Waals surface area (Å²) in [5, 5.41) is 0. The van der Waals surface area contributed by atoms with E-state index in [0.29, 0.717) is 37.7 Å². The van der Waals surface area contributed by atoms with Gasteiger partial charge in [0.2, 0.25) is 0 Å². The Labute approximate surface area is 133 Å². The molecular weight excluding hydrogens is 298 g/mol. The molecule has 23 heavy (non-hydrogen) atoms. The Hall–Kier alpha value is -2.70. The monoisotopic (exact) mass is 319 g/mol. The summed E-state index contributed by atoms with van der Waals surface area (Å²) in [5.74, 6) is 1.52. The first-order chi connectivity index (χ1) is 11.0. The van der Waals surface area contributed by atoms with Crippen LogP contribution in [0.25, 0.3) is 0 Å². The Kier molecular flexibility index (Phi) is 5.46. The number of nitrogens with two attached hydrogens (primary N) is 1. The molecule has 7 nitrogen and oxygen atoms in total. The highest BCUT2D eigenvalue weighted by Crippen LogP contribution is 2.28. The largest absolute Gasteiger partial charge is 0.490 e. The van der Waals surface area contributed by atoms with Gasteiger partial charge in [-0.15, -0.1) is 0 Å². The molecule has 0 atom stereocenters. The van der Waals surface area contributed by atoms with Crippen LogP contribution in [0.4, 0.5) is 5.82 Å². The van der Waals surface area contributed by atoms with Gasteiger partial charge in [0, 0.05) is 12.6 Å². The molecule has 7 heteroatoms. The Morgan fingerprint density at radius 3 is 2.43 bits per heavy atom. The predicted octanol–water partition coefficient (Wildman–Crippen LogP) is 1.16. The van der Waals surface area contributed by atoms with E-state index in [9.17, 15) is 9.59 Å². The fourth-order valence-corrected chi connectivity index (χ4v) is 2.26. The van der Waals surface area contributed by atoms with Gasteiger partial charge in [0.25, 0.3) is 5.56 Å². The van der Waals surface area contributed by atoms with Gasteiger partial charge in [0.1, 0.15) is 5.82 Å². The SMILES string of the molecule is CCOc1ccc(CCn2c(N)cc(=O)[nH]c2=O)cc1OCC. The van der Waals surface area contributed by atoms with Crippen molar-refractivity contribution in [2.45, 2.75) is 26.8 Å². The third-order valence-electron chi connectivity index (χ3n) is 3.30. The number of nitrogens with one attached hydrogen (secondary N) is 1. The fraction of sp³-hybridized carbons (Fsp3) is 0.375. The predicted molar refractivity (Wildman–Crippen MR) is 88.2 cm³/mol. The molecule has 3 N–H and O–H groups in total. The van der Waals surface area contributed by atoms with Crippen molar-refractivity contribution in [3.05, 3.63) is 50.7 Å². The number of benzene rings is 1. The number of aromatic amines is 1.